The first-order valence-electron chi connectivity index (χ1n) is 8.26. The summed E-state index contributed by atoms with van der Waals surface area (Å²) < 4.78 is 21.3. The molecular weight excluding hydrogens is 348 g/mol. The predicted molar refractivity (Wildman–Crippen MR) is 99.9 cm³/mol. The zero-order chi connectivity index (χ0) is 19.4. The topological polar surface area (TPSA) is 78.1 Å². The van der Waals surface area contributed by atoms with Crippen molar-refractivity contribution in [3.05, 3.63) is 59.7 Å². The quantitative estimate of drug-likeness (QED) is 0.665. The molecule has 0 spiro atoms. The summed E-state index contributed by atoms with van der Waals surface area (Å²) in [5.41, 5.74) is 2.63. The lowest BCUT2D eigenvalue weighted by atomic mass is 10.1. The van der Waals surface area contributed by atoms with Crippen LogP contribution in [0, 0.1) is 0 Å². The summed E-state index contributed by atoms with van der Waals surface area (Å²) in [6.07, 6.45) is 0. The third-order valence-corrected chi connectivity index (χ3v) is 4.22. The molecule has 0 saturated carbocycles. The molecule has 3 rings (SSSR count). The van der Waals surface area contributed by atoms with Gasteiger partial charge in [-0.3, -0.25) is 0 Å². The summed E-state index contributed by atoms with van der Waals surface area (Å²) in [6, 6.07) is 14.0. The number of aliphatic hydroxyl groups is 1. The predicted octanol–water partition coefficient (Wildman–Crippen LogP) is 3.91. The van der Waals surface area contributed by atoms with Crippen molar-refractivity contribution in [3.8, 4) is 34.1 Å². The number of furan rings is 1. The van der Waals surface area contributed by atoms with Crippen LogP contribution >= 0.6 is 0 Å². The molecule has 0 unspecified atom stereocenters. The Morgan fingerprint density at radius 3 is 2.19 bits per heavy atom. The summed E-state index contributed by atoms with van der Waals surface area (Å²) in [5.74, 6) is 1.93. The van der Waals surface area contributed by atoms with Crippen LogP contribution in [0.4, 0.5) is 0 Å². The molecule has 0 atom stereocenters. The molecule has 0 amide bonds. The number of rotatable bonds is 6. The van der Waals surface area contributed by atoms with Gasteiger partial charge in [0.25, 0.3) is 0 Å². The molecule has 140 valence electrons. The van der Waals surface area contributed by atoms with Gasteiger partial charge in [-0.2, -0.15) is 0 Å². The van der Waals surface area contributed by atoms with E-state index in [1.165, 1.54) is 7.11 Å². The maximum atomic E-state index is 11.6. The van der Waals surface area contributed by atoms with Gasteiger partial charge in [-0.05, 0) is 36.4 Å². The van der Waals surface area contributed by atoms with E-state index in [1.807, 2.05) is 12.1 Å². The lowest BCUT2D eigenvalue weighted by Crippen LogP contribution is -2.00. The van der Waals surface area contributed by atoms with Crippen LogP contribution < -0.4 is 9.47 Å². The van der Waals surface area contributed by atoms with E-state index in [-0.39, 0.29) is 6.61 Å². The van der Waals surface area contributed by atoms with Gasteiger partial charge in [0.15, 0.2) is 11.5 Å². The van der Waals surface area contributed by atoms with Crippen LogP contribution in [-0.2, 0) is 11.3 Å². The molecule has 1 heterocycles. The van der Waals surface area contributed by atoms with Crippen molar-refractivity contribution < 1.29 is 28.5 Å². The minimum Gasteiger partial charge on any atom is -0.493 e. The fraction of sp³-hybridized carbons (Fsp3) is 0.190. The summed E-state index contributed by atoms with van der Waals surface area (Å²) >= 11 is 0. The smallest absolute Gasteiger partial charge is 0.337 e. The monoisotopic (exact) mass is 368 g/mol. The van der Waals surface area contributed by atoms with Crippen LogP contribution in [0.3, 0.4) is 0 Å². The second-order valence-electron chi connectivity index (χ2n) is 5.76. The summed E-state index contributed by atoms with van der Waals surface area (Å²) in [6.45, 7) is -0.176. The summed E-state index contributed by atoms with van der Waals surface area (Å²) in [4.78, 5) is 11.6. The standard InChI is InChI=1S/C21H20O6/c1-24-17-9-8-15(10-19(17)25-2)18-11-16(12-22)20(27-18)13-4-6-14(7-5-13)21(23)26-3/h4-11,22H,12H2,1-3H3. The molecular formula is C21H20O6. The lowest BCUT2D eigenvalue weighted by molar-refractivity contribution is 0.0600. The summed E-state index contributed by atoms with van der Waals surface area (Å²) in [5, 5.41) is 9.72. The Morgan fingerprint density at radius 1 is 0.926 bits per heavy atom. The number of benzene rings is 2. The van der Waals surface area contributed by atoms with Crippen LogP contribution in [0.1, 0.15) is 15.9 Å². The zero-order valence-corrected chi connectivity index (χ0v) is 15.3. The van der Waals surface area contributed by atoms with Crippen molar-refractivity contribution in [2.75, 3.05) is 21.3 Å². The Bertz CT molecular complexity index is 940. The van der Waals surface area contributed by atoms with Gasteiger partial charge in [0.2, 0.25) is 0 Å². The first-order chi connectivity index (χ1) is 13.1. The third-order valence-electron chi connectivity index (χ3n) is 4.22. The average molecular weight is 368 g/mol. The SMILES string of the molecule is COC(=O)c1ccc(-c2oc(-c3ccc(OC)c(OC)c3)cc2CO)cc1. The summed E-state index contributed by atoms with van der Waals surface area (Å²) in [7, 11) is 4.48. The molecule has 0 aliphatic carbocycles. The molecule has 0 radical (unpaired) electrons. The van der Waals surface area contributed by atoms with E-state index in [9.17, 15) is 9.90 Å². The highest BCUT2D eigenvalue weighted by molar-refractivity contribution is 5.90. The molecule has 0 saturated heterocycles. The first-order valence-corrected chi connectivity index (χ1v) is 8.26. The molecule has 6 nitrogen and oxygen atoms in total. The largest absolute Gasteiger partial charge is 0.493 e. The number of esters is 1. The highest BCUT2D eigenvalue weighted by Crippen LogP contribution is 2.37. The Labute approximate surface area is 156 Å². The fourth-order valence-corrected chi connectivity index (χ4v) is 2.80. The number of ether oxygens (including phenoxy) is 3. The molecule has 1 N–H and O–H groups in total. The van der Waals surface area contributed by atoms with Crippen molar-refractivity contribution in [2.45, 2.75) is 6.61 Å². The van der Waals surface area contributed by atoms with E-state index in [2.05, 4.69) is 0 Å². The van der Waals surface area contributed by atoms with Crippen molar-refractivity contribution in [2.24, 2.45) is 0 Å². The van der Waals surface area contributed by atoms with Crippen molar-refractivity contribution in [1.82, 2.24) is 0 Å². The van der Waals surface area contributed by atoms with Gasteiger partial charge in [-0.15, -0.1) is 0 Å². The molecule has 2 aromatic carbocycles. The van der Waals surface area contributed by atoms with Crippen LogP contribution in [0.2, 0.25) is 0 Å². The van der Waals surface area contributed by atoms with E-state index < -0.39 is 5.97 Å². The number of methoxy groups -OCH3 is 3. The minimum absolute atomic E-state index is 0.176. The number of aliphatic hydroxyl groups excluding tert-OH is 1. The van der Waals surface area contributed by atoms with Gasteiger partial charge in [0, 0.05) is 16.7 Å². The lowest BCUT2D eigenvalue weighted by Gasteiger charge is -2.08. The molecule has 0 fully saturated rings. The van der Waals surface area contributed by atoms with Gasteiger partial charge in [-0.1, -0.05) is 12.1 Å². The molecule has 1 aromatic heterocycles. The maximum Gasteiger partial charge on any atom is 0.337 e. The van der Waals surface area contributed by atoms with Crippen molar-refractivity contribution in [1.29, 1.82) is 0 Å². The Hall–Kier alpha value is -3.25. The number of hydrogen-bond acceptors (Lipinski definition) is 6. The van der Waals surface area contributed by atoms with Crippen molar-refractivity contribution >= 4 is 5.97 Å². The van der Waals surface area contributed by atoms with E-state index in [0.29, 0.717) is 34.1 Å². The highest BCUT2D eigenvalue weighted by Gasteiger charge is 2.16. The second-order valence-corrected chi connectivity index (χ2v) is 5.76. The second kappa shape index (κ2) is 7.97. The van der Waals surface area contributed by atoms with Gasteiger partial charge in [0.05, 0.1) is 33.5 Å². The van der Waals surface area contributed by atoms with Gasteiger partial charge in [-0.25, -0.2) is 4.79 Å². The van der Waals surface area contributed by atoms with Gasteiger partial charge >= 0.3 is 5.97 Å². The number of carbonyl (C=O) groups is 1. The maximum absolute atomic E-state index is 11.6. The molecule has 0 aliphatic rings. The normalized spacial score (nSPS) is 10.5. The van der Waals surface area contributed by atoms with Gasteiger partial charge < -0.3 is 23.7 Å². The Balaban J connectivity index is 2.00. The van der Waals surface area contributed by atoms with Gasteiger partial charge in [0.1, 0.15) is 11.5 Å². The number of carbonyl (C=O) groups excluding carboxylic acids is 1. The molecule has 0 aliphatic heterocycles. The Kier molecular flexibility index (Phi) is 5.47. The van der Waals surface area contributed by atoms with Crippen LogP contribution in [-0.4, -0.2) is 32.4 Å². The third kappa shape index (κ3) is 3.66. The number of hydrogen-bond donors (Lipinski definition) is 1. The van der Waals surface area contributed by atoms with E-state index >= 15 is 0 Å². The molecule has 6 heteroatoms. The molecule has 27 heavy (non-hydrogen) atoms. The highest BCUT2D eigenvalue weighted by atomic mass is 16.5. The minimum atomic E-state index is -0.408. The van der Waals surface area contributed by atoms with Crippen LogP contribution in [0.25, 0.3) is 22.6 Å². The first kappa shape index (κ1) is 18.5. The fourth-order valence-electron chi connectivity index (χ4n) is 2.80. The Morgan fingerprint density at radius 2 is 1.59 bits per heavy atom. The van der Waals surface area contributed by atoms with Crippen LogP contribution in [0.5, 0.6) is 11.5 Å². The van der Waals surface area contributed by atoms with E-state index in [4.69, 9.17) is 18.6 Å². The molecule has 0 bridgehead atoms. The van der Waals surface area contributed by atoms with E-state index in [0.717, 1.165) is 11.1 Å². The average Bonchev–Trinajstić information content (AvgIpc) is 3.17. The van der Waals surface area contributed by atoms with Crippen molar-refractivity contribution in [3.63, 3.8) is 0 Å². The van der Waals surface area contributed by atoms with Crippen LogP contribution in [0.15, 0.2) is 52.9 Å². The zero-order valence-electron chi connectivity index (χ0n) is 15.3. The molecule has 3 aromatic rings. The van der Waals surface area contributed by atoms with E-state index in [1.54, 1.807) is 50.6 Å².